The van der Waals surface area contributed by atoms with E-state index in [0.29, 0.717) is 18.0 Å². The molecule has 1 N–H and O–H groups in total. The van der Waals surface area contributed by atoms with Crippen molar-refractivity contribution in [2.75, 3.05) is 55.1 Å². The maximum absolute atomic E-state index is 5.72. The van der Waals surface area contributed by atoms with E-state index >= 15 is 0 Å². The van der Waals surface area contributed by atoms with Crippen molar-refractivity contribution in [2.45, 2.75) is 51.1 Å². The number of ether oxygens (including phenoxy) is 4. The molecule has 0 aliphatic carbocycles. The molecule has 1 fully saturated rings. The van der Waals surface area contributed by atoms with E-state index in [4.69, 9.17) is 18.9 Å². The van der Waals surface area contributed by atoms with E-state index in [1.54, 1.807) is 28.4 Å². The normalized spacial score (nSPS) is 28.9. The Morgan fingerprint density at radius 3 is 2.00 bits per heavy atom. The first-order valence-electron chi connectivity index (χ1n) is 13.5. The molecule has 2 aromatic rings. The van der Waals surface area contributed by atoms with E-state index in [2.05, 4.69) is 43.6 Å². The smallest absolute Gasteiger partial charge is 0.161 e. The molecule has 0 saturated carbocycles. The number of hydrogen-bond acceptors (Lipinski definition) is 5. The van der Waals surface area contributed by atoms with E-state index < -0.39 is 0 Å². The van der Waals surface area contributed by atoms with Gasteiger partial charge < -0.3 is 28.7 Å². The summed E-state index contributed by atoms with van der Waals surface area (Å²) in [7, 11) is 9.40. The summed E-state index contributed by atoms with van der Waals surface area (Å²) in [6.07, 6.45) is 5.72. The zero-order valence-electron chi connectivity index (χ0n) is 22.9. The first kappa shape index (κ1) is 25.2. The Kier molecular flexibility index (Phi) is 7.10. The average Bonchev–Trinajstić information content (AvgIpc) is 2.91. The predicted octanol–water partition coefficient (Wildman–Crippen LogP) is 5.09. The molecule has 5 atom stereocenters. The first-order chi connectivity index (χ1) is 17.4. The fraction of sp³-hybridized carbons (Fsp3) is 0.600. The molecule has 0 spiro atoms. The van der Waals surface area contributed by atoms with Gasteiger partial charge in [-0.2, -0.15) is 0 Å². The lowest BCUT2D eigenvalue weighted by molar-refractivity contribution is -0.951. The van der Waals surface area contributed by atoms with Gasteiger partial charge in [0.25, 0.3) is 0 Å². The second kappa shape index (κ2) is 10.1. The van der Waals surface area contributed by atoms with Gasteiger partial charge in [-0.1, -0.05) is 6.92 Å². The third-order valence-corrected chi connectivity index (χ3v) is 9.36. The minimum absolute atomic E-state index is 0.345. The number of fused-ring (bicyclic) bond motifs is 4. The molecule has 6 heteroatoms. The van der Waals surface area contributed by atoms with Crippen LogP contribution >= 0.6 is 0 Å². The van der Waals surface area contributed by atoms with Crippen LogP contribution in [0.25, 0.3) is 0 Å². The van der Waals surface area contributed by atoms with E-state index in [1.807, 2.05) is 0 Å². The minimum Gasteiger partial charge on any atom is -0.493 e. The minimum atomic E-state index is 0.345. The summed E-state index contributed by atoms with van der Waals surface area (Å²) in [6, 6.07) is 9.72. The van der Waals surface area contributed by atoms with Gasteiger partial charge in [0.2, 0.25) is 0 Å². The number of quaternary nitrogens is 1. The standard InChI is InChI=1S/C30H43N2O4/c1-7-19-18-32(2)11-9-21-15-28(34-4)30(36-6)17-24(21)26(32)13-22(19)12-25-23-16-29(35-5)27(33-3)14-20(23)8-10-31-25/h14-17,19,22,25-26,31H,7-13,18H2,1-6H3/q+1/t19-,22?,25+,26-,32?/m0/s1. The van der Waals surface area contributed by atoms with E-state index in [0.717, 1.165) is 59.2 Å². The molecule has 1 saturated heterocycles. The quantitative estimate of drug-likeness (QED) is 0.543. The molecule has 0 aromatic heterocycles. The maximum Gasteiger partial charge on any atom is 0.161 e. The van der Waals surface area contributed by atoms with Crippen LogP contribution in [0.2, 0.25) is 0 Å². The van der Waals surface area contributed by atoms with Crippen LogP contribution in [0.1, 0.15) is 60.5 Å². The van der Waals surface area contributed by atoms with Crippen molar-refractivity contribution < 1.29 is 23.4 Å². The third-order valence-electron chi connectivity index (χ3n) is 9.36. The Morgan fingerprint density at radius 1 is 0.806 bits per heavy atom. The second-order valence-corrected chi connectivity index (χ2v) is 11.1. The van der Waals surface area contributed by atoms with Crippen LogP contribution in [0.5, 0.6) is 23.0 Å². The maximum atomic E-state index is 5.72. The highest BCUT2D eigenvalue weighted by atomic mass is 16.5. The Hall–Kier alpha value is -2.44. The average molecular weight is 496 g/mol. The number of likely N-dealkylation sites (N-methyl/N-ethyl adjacent to an activating group) is 1. The first-order valence-corrected chi connectivity index (χ1v) is 13.5. The van der Waals surface area contributed by atoms with Gasteiger partial charge in [-0.3, -0.25) is 0 Å². The number of methoxy groups -OCH3 is 4. The van der Waals surface area contributed by atoms with Gasteiger partial charge in [-0.25, -0.2) is 0 Å². The molecule has 5 rings (SSSR count). The molecule has 196 valence electrons. The van der Waals surface area contributed by atoms with Gasteiger partial charge in [0.15, 0.2) is 23.0 Å². The van der Waals surface area contributed by atoms with E-state index in [9.17, 15) is 0 Å². The van der Waals surface area contributed by atoms with Gasteiger partial charge in [0.1, 0.15) is 6.04 Å². The summed E-state index contributed by atoms with van der Waals surface area (Å²) in [6.45, 7) is 5.82. The molecule has 3 aliphatic rings. The summed E-state index contributed by atoms with van der Waals surface area (Å²) in [5.74, 6) is 4.73. The van der Waals surface area contributed by atoms with E-state index in [1.165, 1.54) is 48.2 Å². The largest absolute Gasteiger partial charge is 0.493 e. The van der Waals surface area contributed by atoms with Crippen molar-refractivity contribution in [3.63, 3.8) is 0 Å². The van der Waals surface area contributed by atoms with Crippen molar-refractivity contribution in [3.8, 4) is 23.0 Å². The fourth-order valence-corrected chi connectivity index (χ4v) is 7.33. The van der Waals surface area contributed by atoms with Gasteiger partial charge in [0.05, 0.1) is 48.6 Å². The molecular weight excluding hydrogens is 452 g/mol. The fourth-order valence-electron chi connectivity index (χ4n) is 7.33. The molecular formula is C30H43N2O4+. The summed E-state index contributed by atoms with van der Waals surface area (Å²) >= 11 is 0. The Labute approximate surface area is 216 Å². The summed E-state index contributed by atoms with van der Waals surface area (Å²) in [5.41, 5.74) is 5.66. The Bertz CT molecular complexity index is 1100. The SMILES string of the molecule is CC[C@H]1C[N+]2(C)CCc3cc(OC)c(OC)cc3[C@@H]2CC1C[C@H]1NCCc2cc(OC)c(OC)cc21. The summed E-state index contributed by atoms with van der Waals surface area (Å²) < 4.78 is 23.8. The van der Waals surface area contributed by atoms with Crippen LogP contribution in [0.3, 0.4) is 0 Å². The van der Waals surface area contributed by atoms with Gasteiger partial charge in [0, 0.05) is 30.4 Å². The predicted molar refractivity (Wildman–Crippen MR) is 142 cm³/mol. The van der Waals surface area contributed by atoms with Crippen molar-refractivity contribution in [1.29, 1.82) is 0 Å². The lowest BCUT2D eigenvalue weighted by atomic mass is 9.71. The number of benzene rings is 2. The summed E-state index contributed by atoms with van der Waals surface area (Å²) in [4.78, 5) is 0. The topological polar surface area (TPSA) is 49.0 Å². The number of nitrogens with zero attached hydrogens (tertiary/aromatic N) is 1. The molecule has 0 amide bonds. The second-order valence-electron chi connectivity index (χ2n) is 11.1. The third kappa shape index (κ3) is 4.32. The molecule has 0 bridgehead atoms. The highest BCUT2D eigenvalue weighted by Gasteiger charge is 2.48. The number of nitrogens with one attached hydrogen (secondary N) is 1. The molecule has 2 unspecified atom stereocenters. The van der Waals surface area contributed by atoms with Crippen molar-refractivity contribution in [2.24, 2.45) is 11.8 Å². The highest BCUT2D eigenvalue weighted by molar-refractivity contribution is 5.50. The number of hydrogen-bond donors (Lipinski definition) is 1. The van der Waals surface area contributed by atoms with Gasteiger partial charge >= 0.3 is 0 Å². The van der Waals surface area contributed by atoms with Crippen molar-refractivity contribution >= 4 is 0 Å². The van der Waals surface area contributed by atoms with Crippen molar-refractivity contribution in [1.82, 2.24) is 5.32 Å². The van der Waals surface area contributed by atoms with Crippen LogP contribution < -0.4 is 24.3 Å². The molecule has 3 heterocycles. The van der Waals surface area contributed by atoms with Crippen molar-refractivity contribution in [3.05, 3.63) is 46.5 Å². The van der Waals surface area contributed by atoms with Crippen LogP contribution in [0.15, 0.2) is 24.3 Å². The monoisotopic (exact) mass is 495 g/mol. The zero-order valence-corrected chi connectivity index (χ0v) is 22.9. The van der Waals surface area contributed by atoms with E-state index in [-0.39, 0.29) is 0 Å². The van der Waals surface area contributed by atoms with Gasteiger partial charge in [-0.05, 0) is 72.7 Å². The lowest BCUT2D eigenvalue weighted by Gasteiger charge is -2.53. The van der Waals surface area contributed by atoms with Crippen LogP contribution in [0, 0.1) is 11.8 Å². The Morgan fingerprint density at radius 2 is 1.39 bits per heavy atom. The van der Waals surface area contributed by atoms with Gasteiger partial charge in [-0.15, -0.1) is 0 Å². The molecule has 36 heavy (non-hydrogen) atoms. The Balaban J connectivity index is 1.46. The number of piperidine rings is 1. The molecule has 2 aromatic carbocycles. The highest BCUT2D eigenvalue weighted by Crippen LogP contribution is 2.50. The lowest BCUT2D eigenvalue weighted by Crippen LogP contribution is -2.58. The van der Waals surface area contributed by atoms with Crippen LogP contribution in [0.4, 0.5) is 0 Å². The number of rotatable bonds is 7. The van der Waals surface area contributed by atoms with Crippen LogP contribution in [-0.4, -0.2) is 59.6 Å². The molecule has 6 nitrogen and oxygen atoms in total. The van der Waals surface area contributed by atoms with Crippen LogP contribution in [-0.2, 0) is 12.8 Å². The zero-order chi connectivity index (χ0) is 25.4. The summed E-state index contributed by atoms with van der Waals surface area (Å²) in [5, 5.41) is 3.85. The molecule has 3 aliphatic heterocycles. The molecule has 0 radical (unpaired) electrons.